The maximum Gasteiger partial charge on any atom is 0.0406 e. The third-order valence-corrected chi connectivity index (χ3v) is 4.26. The van der Waals surface area contributed by atoms with Gasteiger partial charge in [0.2, 0.25) is 0 Å². The van der Waals surface area contributed by atoms with Crippen molar-refractivity contribution in [1.29, 1.82) is 0 Å². The van der Waals surface area contributed by atoms with E-state index in [1.807, 2.05) is 12.1 Å². The summed E-state index contributed by atoms with van der Waals surface area (Å²) < 4.78 is 0. The summed E-state index contributed by atoms with van der Waals surface area (Å²) in [4.78, 5) is 0. The van der Waals surface area contributed by atoms with Gasteiger partial charge < -0.3 is 5.32 Å². The minimum atomic E-state index is 0.329. The Bertz CT molecular complexity index is 555. The fraction of sp³-hybridized carbons (Fsp3) is 0.333. The molecule has 0 aliphatic heterocycles. The highest BCUT2D eigenvalue weighted by atomic mass is 35.5. The van der Waals surface area contributed by atoms with E-state index in [-0.39, 0.29) is 0 Å². The van der Waals surface area contributed by atoms with E-state index in [4.69, 9.17) is 11.6 Å². The second kappa shape index (κ2) is 5.99. The Kier molecular flexibility index (Phi) is 4.09. The lowest BCUT2D eigenvalue weighted by atomic mass is 10.1. The molecule has 1 N–H and O–H groups in total. The Labute approximate surface area is 126 Å². The summed E-state index contributed by atoms with van der Waals surface area (Å²) in [5.41, 5.74) is 4.11. The molecule has 2 heteroatoms. The molecule has 1 atom stereocenters. The molecule has 0 spiro atoms. The van der Waals surface area contributed by atoms with Gasteiger partial charge in [0.1, 0.15) is 0 Å². The lowest BCUT2D eigenvalue weighted by Crippen LogP contribution is -2.17. The summed E-state index contributed by atoms with van der Waals surface area (Å²) in [6, 6.07) is 17.4. The predicted molar refractivity (Wildman–Crippen MR) is 85.1 cm³/mol. The van der Waals surface area contributed by atoms with Crippen LogP contribution in [0.3, 0.4) is 0 Å². The Balaban J connectivity index is 1.56. The fourth-order valence-corrected chi connectivity index (χ4v) is 2.59. The molecule has 1 aliphatic rings. The van der Waals surface area contributed by atoms with Crippen molar-refractivity contribution in [3.63, 3.8) is 0 Å². The van der Waals surface area contributed by atoms with Crippen molar-refractivity contribution in [3.05, 3.63) is 70.2 Å². The standard InChI is InChI=1S/C18H20ClN/c1-13(15-8-10-18(19)11-9-15)20-12-14-2-4-16(5-3-14)17-6-7-17/h2-5,8-11,13,17,20H,6-7,12H2,1H3/t13-/m1/s1. The van der Waals surface area contributed by atoms with Gasteiger partial charge in [0.25, 0.3) is 0 Å². The average Bonchev–Trinajstić information content (AvgIpc) is 3.31. The molecule has 104 valence electrons. The van der Waals surface area contributed by atoms with Crippen LogP contribution in [0.25, 0.3) is 0 Å². The minimum absolute atomic E-state index is 0.329. The Morgan fingerprint density at radius 2 is 1.70 bits per heavy atom. The number of halogens is 1. The SMILES string of the molecule is C[C@@H](NCc1ccc(C2CC2)cc1)c1ccc(Cl)cc1. The van der Waals surface area contributed by atoms with Crippen molar-refractivity contribution in [2.75, 3.05) is 0 Å². The third kappa shape index (κ3) is 3.41. The first-order valence-corrected chi connectivity index (χ1v) is 7.68. The molecule has 0 radical (unpaired) electrons. The van der Waals surface area contributed by atoms with Crippen LogP contribution in [-0.2, 0) is 6.54 Å². The van der Waals surface area contributed by atoms with E-state index in [1.54, 1.807) is 0 Å². The molecular formula is C18H20ClN. The molecule has 3 rings (SSSR count). The van der Waals surface area contributed by atoms with Crippen LogP contribution in [0.5, 0.6) is 0 Å². The highest BCUT2D eigenvalue weighted by Gasteiger charge is 2.22. The second-order valence-electron chi connectivity index (χ2n) is 5.67. The molecule has 1 nitrogen and oxygen atoms in total. The van der Waals surface area contributed by atoms with E-state index < -0.39 is 0 Å². The number of nitrogens with one attached hydrogen (secondary N) is 1. The molecule has 2 aromatic rings. The fourth-order valence-electron chi connectivity index (χ4n) is 2.46. The van der Waals surface area contributed by atoms with Gasteiger partial charge in [-0.2, -0.15) is 0 Å². The lowest BCUT2D eigenvalue weighted by molar-refractivity contribution is 0.574. The zero-order valence-corrected chi connectivity index (χ0v) is 12.5. The van der Waals surface area contributed by atoms with Crippen LogP contribution in [0.2, 0.25) is 5.02 Å². The second-order valence-corrected chi connectivity index (χ2v) is 6.11. The van der Waals surface area contributed by atoms with Crippen LogP contribution in [0.15, 0.2) is 48.5 Å². The molecular weight excluding hydrogens is 266 g/mol. The number of hydrogen-bond acceptors (Lipinski definition) is 1. The molecule has 0 unspecified atom stereocenters. The van der Waals surface area contributed by atoms with Crippen LogP contribution in [0.4, 0.5) is 0 Å². The van der Waals surface area contributed by atoms with Gasteiger partial charge in [0, 0.05) is 17.6 Å². The van der Waals surface area contributed by atoms with Crippen molar-refractivity contribution in [2.45, 2.75) is 38.3 Å². The van der Waals surface area contributed by atoms with Crippen molar-refractivity contribution >= 4 is 11.6 Å². The van der Waals surface area contributed by atoms with Crippen molar-refractivity contribution < 1.29 is 0 Å². The zero-order valence-electron chi connectivity index (χ0n) is 11.8. The smallest absolute Gasteiger partial charge is 0.0406 e. The first kappa shape index (κ1) is 13.7. The van der Waals surface area contributed by atoms with Gasteiger partial charge in [-0.15, -0.1) is 0 Å². The number of benzene rings is 2. The van der Waals surface area contributed by atoms with Gasteiger partial charge in [-0.1, -0.05) is 48.0 Å². The topological polar surface area (TPSA) is 12.0 Å². The minimum Gasteiger partial charge on any atom is -0.306 e. The first-order chi connectivity index (χ1) is 9.72. The Morgan fingerprint density at radius 3 is 2.30 bits per heavy atom. The molecule has 20 heavy (non-hydrogen) atoms. The van der Waals surface area contributed by atoms with Crippen LogP contribution < -0.4 is 5.32 Å². The molecule has 0 bridgehead atoms. The van der Waals surface area contributed by atoms with Gasteiger partial charge in [0.05, 0.1) is 0 Å². The van der Waals surface area contributed by atoms with E-state index >= 15 is 0 Å². The van der Waals surface area contributed by atoms with E-state index in [2.05, 4.69) is 48.6 Å². The maximum atomic E-state index is 5.91. The maximum absolute atomic E-state index is 5.91. The van der Waals surface area contributed by atoms with Crippen LogP contribution in [0.1, 0.15) is 48.4 Å². The summed E-state index contributed by atoms with van der Waals surface area (Å²) in [6.45, 7) is 3.08. The van der Waals surface area contributed by atoms with Crippen molar-refractivity contribution in [3.8, 4) is 0 Å². The Morgan fingerprint density at radius 1 is 1.05 bits per heavy atom. The predicted octanol–water partition coefficient (Wildman–Crippen LogP) is 5.07. The van der Waals surface area contributed by atoms with Crippen molar-refractivity contribution in [1.82, 2.24) is 5.32 Å². The van der Waals surface area contributed by atoms with Gasteiger partial charge in [0.15, 0.2) is 0 Å². The third-order valence-electron chi connectivity index (χ3n) is 4.01. The van der Waals surface area contributed by atoms with Gasteiger partial charge in [-0.3, -0.25) is 0 Å². The molecule has 0 amide bonds. The van der Waals surface area contributed by atoms with Gasteiger partial charge in [-0.05, 0) is 54.5 Å². The normalized spacial score (nSPS) is 16.1. The lowest BCUT2D eigenvalue weighted by Gasteiger charge is -2.14. The molecule has 1 fully saturated rings. The Hall–Kier alpha value is -1.31. The highest BCUT2D eigenvalue weighted by molar-refractivity contribution is 6.30. The quantitative estimate of drug-likeness (QED) is 0.809. The van der Waals surface area contributed by atoms with E-state index in [0.717, 1.165) is 17.5 Å². The van der Waals surface area contributed by atoms with E-state index in [0.29, 0.717) is 6.04 Å². The zero-order chi connectivity index (χ0) is 13.9. The number of rotatable bonds is 5. The van der Waals surface area contributed by atoms with Gasteiger partial charge >= 0.3 is 0 Å². The highest BCUT2D eigenvalue weighted by Crippen LogP contribution is 2.39. The van der Waals surface area contributed by atoms with E-state index in [1.165, 1.54) is 29.5 Å². The summed E-state index contributed by atoms with van der Waals surface area (Å²) in [6.07, 6.45) is 2.73. The molecule has 0 aromatic heterocycles. The number of hydrogen-bond donors (Lipinski definition) is 1. The van der Waals surface area contributed by atoms with Gasteiger partial charge in [-0.25, -0.2) is 0 Å². The summed E-state index contributed by atoms with van der Waals surface area (Å²) >= 11 is 5.91. The summed E-state index contributed by atoms with van der Waals surface area (Å²) in [5, 5.41) is 4.34. The molecule has 1 saturated carbocycles. The van der Waals surface area contributed by atoms with Crippen molar-refractivity contribution in [2.24, 2.45) is 0 Å². The summed E-state index contributed by atoms with van der Waals surface area (Å²) in [5.74, 6) is 0.838. The molecule has 2 aromatic carbocycles. The molecule has 0 heterocycles. The van der Waals surface area contributed by atoms with Crippen LogP contribution >= 0.6 is 11.6 Å². The van der Waals surface area contributed by atoms with Crippen LogP contribution in [0, 0.1) is 0 Å². The first-order valence-electron chi connectivity index (χ1n) is 7.30. The summed E-state index contributed by atoms with van der Waals surface area (Å²) in [7, 11) is 0. The average molecular weight is 286 g/mol. The molecule has 0 saturated heterocycles. The largest absolute Gasteiger partial charge is 0.306 e. The van der Waals surface area contributed by atoms with E-state index in [9.17, 15) is 0 Å². The van der Waals surface area contributed by atoms with Crippen LogP contribution in [-0.4, -0.2) is 0 Å². The molecule has 1 aliphatic carbocycles. The monoisotopic (exact) mass is 285 g/mol.